The van der Waals surface area contributed by atoms with Crippen molar-refractivity contribution in [2.45, 2.75) is 20.1 Å². The van der Waals surface area contributed by atoms with Gasteiger partial charge >= 0.3 is 0 Å². The number of hydrogen-bond acceptors (Lipinski definition) is 2. The molecule has 0 aliphatic carbocycles. The minimum Gasteiger partial charge on any atom is -0.618 e. The quantitative estimate of drug-likeness (QED) is 0.403. The molecule has 1 aliphatic heterocycles. The molecule has 0 N–H and O–H groups in total. The van der Waals surface area contributed by atoms with Crippen molar-refractivity contribution in [3.8, 4) is 0 Å². The van der Waals surface area contributed by atoms with E-state index in [0.29, 0.717) is 13.2 Å². The summed E-state index contributed by atoms with van der Waals surface area (Å²) in [5, 5.41) is 11.0. The van der Waals surface area contributed by atoms with Gasteiger partial charge in [-0.25, -0.2) is 0 Å². The number of pyridine rings is 1. The predicted octanol–water partition coefficient (Wildman–Crippen LogP) is 0.659. The average molecular weight is 151 g/mol. The molecule has 0 amide bonds. The van der Waals surface area contributed by atoms with Gasteiger partial charge in [-0.1, -0.05) is 0 Å². The number of aryl methyl sites for hydroxylation is 1. The summed E-state index contributed by atoms with van der Waals surface area (Å²) in [5.41, 5.74) is 2.90. The maximum Gasteiger partial charge on any atom is 0.190 e. The van der Waals surface area contributed by atoms with Gasteiger partial charge in [0, 0.05) is 18.6 Å². The Bertz CT molecular complexity index is 267. The van der Waals surface area contributed by atoms with Crippen LogP contribution in [0.1, 0.15) is 16.8 Å². The monoisotopic (exact) mass is 151 g/mol. The van der Waals surface area contributed by atoms with Crippen LogP contribution in [0.5, 0.6) is 0 Å². The maximum atomic E-state index is 11.0. The molecule has 0 unspecified atom stereocenters. The molecule has 0 spiro atoms. The number of aromatic nitrogens is 1. The maximum absolute atomic E-state index is 11.0. The highest BCUT2D eigenvalue weighted by atomic mass is 16.5. The van der Waals surface area contributed by atoms with E-state index in [1.54, 1.807) is 13.1 Å². The molecule has 2 heterocycles. The van der Waals surface area contributed by atoms with Crippen molar-refractivity contribution in [1.29, 1.82) is 0 Å². The van der Waals surface area contributed by atoms with Crippen LogP contribution in [0.3, 0.4) is 0 Å². The first-order valence-electron chi connectivity index (χ1n) is 3.56. The smallest absolute Gasteiger partial charge is 0.190 e. The molecule has 2 rings (SSSR count). The highest BCUT2D eigenvalue weighted by Gasteiger charge is 2.15. The van der Waals surface area contributed by atoms with Crippen molar-refractivity contribution in [2.75, 3.05) is 0 Å². The van der Waals surface area contributed by atoms with Gasteiger partial charge in [-0.3, -0.25) is 0 Å². The van der Waals surface area contributed by atoms with Gasteiger partial charge in [0.15, 0.2) is 11.9 Å². The Morgan fingerprint density at radius 3 is 3.00 bits per heavy atom. The third kappa shape index (κ3) is 0.973. The van der Waals surface area contributed by atoms with Crippen LogP contribution >= 0.6 is 0 Å². The van der Waals surface area contributed by atoms with Gasteiger partial charge in [-0.2, -0.15) is 4.73 Å². The van der Waals surface area contributed by atoms with E-state index in [2.05, 4.69) is 0 Å². The first kappa shape index (κ1) is 6.61. The van der Waals surface area contributed by atoms with Crippen molar-refractivity contribution >= 4 is 0 Å². The standard InChI is InChI=1S/C8H9NO2/c1-6-2-7-4-11-5-8(7)3-9(6)10/h2-3H,4-5H2,1H3. The van der Waals surface area contributed by atoms with Crippen LogP contribution < -0.4 is 4.73 Å². The Hall–Kier alpha value is -1.09. The molecule has 0 atom stereocenters. The second-order valence-corrected chi connectivity index (χ2v) is 2.78. The molecule has 3 nitrogen and oxygen atoms in total. The van der Waals surface area contributed by atoms with E-state index in [-0.39, 0.29) is 0 Å². The van der Waals surface area contributed by atoms with E-state index in [9.17, 15) is 5.21 Å². The van der Waals surface area contributed by atoms with Crippen molar-refractivity contribution in [2.24, 2.45) is 0 Å². The van der Waals surface area contributed by atoms with Gasteiger partial charge in [0.05, 0.1) is 13.2 Å². The van der Waals surface area contributed by atoms with Crippen molar-refractivity contribution in [3.63, 3.8) is 0 Å². The zero-order valence-corrected chi connectivity index (χ0v) is 6.33. The summed E-state index contributed by atoms with van der Waals surface area (Å²) in [5.74, 6) is 0. The lowest BCUT2D eigenvalue weighted by molar-refractivity contribution is -0.612. The summed E-state index contributed by atoms with van der Waals surface area (Å²) < 4.78 is 6.06. The molecule has 0 radical (unpaired) electrons. The summed E-state index contributed by atoms with van der Waals surface area (Å²) in [6.45, 7) is 3.03. The van der Waals surface area contributed by atoms with E-state index >= 15 is 0 Å². The summed E-state index contributed by atoms with van der Waals surface area (Å²) >= 11 is 0. The van der Waals surface area contributed by atoms with Crippen LogP contribution in [-0.2, 0) is 18.0 Å². The molecule has 0 bridgehead atoms. The zero-order chi connectivity index (χ0) is 7.84. The normalized spacial score (nSPS) is 15.0. The molecule has 0 saturated heterocycles. The Morgan fingerprint density at radius 2 is 2.18 bits per heavy atom. The fourth-order valence-electron chi connectivity index (χ4n) is 1.27. The molecule has 58 valence electrons. The molecule has 1 aromatic rings. The fraction of sp³-hybridized carbons (Fsp3) is 0.375. The van der Waals surface area contributed by atoms with Crippen LogP contribution in [0.25, 0.3) is 0 Å². The molecular formula is C8H9NO2. The number of ether oxygens (including phenoxy) is 1. The lowest BCUT2D eigenvalue weighted by atomic mass is 10.1. The number of fused-ring (bicyclic) bond motifs is 1. The highest BCUT2D eigenvalue weighted by molar-refractivity contribution is 5.24. The van der Waals surface area contributed by atoms with Gasteiger partial charge in [0.2, 0.25) is 0 Å². The summed E-state index contributed by atoms with van der Waals surface area (Å²) in [6, 6.07) is 1.88. The number of hydrogen-bond donors (Lipinski definition) is 0. The van der Waals surface area contributed by atoms with Gasteiger partial charge < -0.3 is 9.94 Å². The van der Waals surface area contributed by atoms with Crippen LogP contribution in [-0.4, -0.2) is 0 Å². The van der Waals surface area contributed by atoms with Crippen molar-refractivity contribution in [3.05, 3.63) is 34.3 Å². The van der Waals surface area contributed by atoms with Gasteiger partial charge in [-0.15, -0.1) is 0 Å². The molecular weight excluding hydrogens is 142 g/mol. The Kier molecular flexibility index (Phi) is 1.32. The van der Waals surface area contributed by atoms with Crippen LogP contribution in [0.4, 0.5) is 0 Å². The lowest BCUT2D eigenvalue weighted by Gasteiger charge is -2.01. The molecule has 3 heteroatoms. The Balaban J connectivity index is 2.57. The highest BCUT2D eigenvalue weighted by Crippen LogP contribution is 2.17. The van der Waals surface area contributed by atoms with Crippen molar-refractivity contribution in [1.82, 2.24) is 0 Å². The lowest BCUT2D eigenvalue weighted by Crippen LogP contribution is -2.30. The van der Waals surface area contributed by atoms with E-state index in [1.807, 2.05) is 6.07 Å². The SMILES string of the molecule is Cc1cc2c(c[n+]1[O-])COC2. The fourth-order valence-corrected chi connectivity index (χ4v) is 1.27. The van der Waals surface area contributed by atoms with E-state index in [1.165, 1.54) is 0 Å². The number of nitrogens with zero attached hydrogens (tertiary/aromatic N) is 1. The van der Waals surface area contributed by atoms with E-state index < -0.39 is 0 Å². The summed E-state index contributed by atoms with van der Waals surface area (Å²) in [4.78, 5) is 0. The second-order valence-electron chi connectivity index (χ2n) is 2.78. The largest absolute Gasteiger partial charge is 0.618 e. The molecule has 1 aliphatic rings. The minimum absolute atomic E-state index is 0.581. The second kappa shape index (κ2) is 2.20. The van der Waals surface area contributed by atoms with Gasteiger partial charge in [0.25, 0.3) is 0 Å². The minimum atomic E-state index is 0.581. The number of rotatable bonds is 0. The molecule has 0 saturated carbocycles. The summed E-state index contributed by atoms with van der Waals surface area (Å²) in [6.07, 6.45) is 1.59. The van der Waals surface area contributed by atoms with Crippen molar-refractivity contribution < 1.29 is 9.47 Å². The Labute approximate surface area is 64.8 Å². The third-order valence-corrected chi connectivity index (χ3v) is 1.93. The Morgan fingerprint density at radius 1 is 1.45 bits per heavy atom. The topological polar surface area (TPSA) is 36.2 Å². The van der Waals surface area contributed by atoms with E-state index in [4.69, 9.17) is 4.74 Å². The third-order valence-electron chi connectivity index (χ3n) is 1.93. The van der Waals surface area contributed by atoms with E-state index in [0.717, 1.165) is 21.6 Å². The van der Waals surface area contributed by atoms with Gasteiger partial charge in [-0.05, 0) is 5.56 Å². The molecule has 1 aromatic heterocycles. The summed E-state index contributed by atoms with van der Waals surface area (Å²) in [7, 11) is 0. The first-order valence-corrected chi connectivity index (χ1v) is 3.56. The van der Waals surface area contributed by atoms with Crippen LogP contribution in [0, 0.1) is 12.1 Å². The van der Waals surface area contributed by atoms with Gasteiger partial charge in [0.1, 0.15) is 0 Å². The zero-order valence-electron chi connectivity index (χ0n) is 6.33. The predicted molar refractivity (Wildman–Crippen MR) is 38.6 cm³/mol. The first-order chi connectivity index (χ1) is 5.27. The van der Waals surface area contributed by atoms with Crippen LogP contribution in [0.2, 0.25) is 0 Å². The van der Waals surface area contributed by atoms with Crippen LogP contribution in [0.15, 0.2) is 12.3 Å². The molecule has 0 fully saturated rings. The molecule has 0 aromatic carbocycles. The average Bonchev–Trinajstić information content (AvgIpc) is 2.36. The molecule has 11 heavy (non-hydrogen) atoms.